The van der Waals surface area contributed by atoms with Crippen molar-refractivity contribution in [2.75, 3.05) is 0 Å². The Kier molecular flexibility index (Phi) is 5.24. The summed E-state index contributed by atoms with van der Waals surface area (Å²) in [5.41, 5.74) is 4.25. The second kappa shape index (κ2) is 7.98. The minimum absolute atomic E-state index is 0.0773. The summed E-state index contributed by atoms with van der Waals surface area (Å²) in [5.74, 6) is 0.453. The molecule has 0 saturated carbocycles. The van der Waals surface area contributed by atoms with Crippen LogP contribution in [0.2, 0.25) is 0 Å². The molecule has 4 rings (SSSR count). The molecular weight excluding hydrogens is 358 g/mol. The van der Waals surface area contributed by atoms with Gasteiger partial charge in [-0.2, -0.15) is 0 Å². The molecule has 0 aliphatic heterocycles. The van der Waals surface area contributed by atoms with Crippen LogP contribution < -0.4 is 5.32 Å². The van der Waals surface area contributed by atoms with Crippen LogP contribution in [0.25, 0.3) is 10.8 Å². The van der Waals surface area contributed by atoms with Crippen molar-refractivity contribution in [2.45, 2.75) is 25.9 Å². The van der Waals surface area contributed by atoms with Gasteiger partial charge in [0.2, 0.25) is 0 Å². The van der Waals surface area contributed by atoms with Gasteiger partial charge in [0.1, 0.15) is 11.5 Å². The van der Waals surface area contributed by atoms with Gasteiger partial charge in [0.05, 0.1) is 6.04 Å². The third kappa shape index (κ3) is 3.96. The quantitative estimate of drug-likeness (QED) is 0.396. The van der Waals surface area contributed by atoms with Crippen molar-refractivity contribution in [1.29, 1.82) is 0 Å². The van der Waals surface area contributed by atoms with E-state index in [9.17, 15) is 10.2 Å². The number of aromatic hydroxyl groups is 2. The van der Waals surface area contributed by atoms with E-state index in [1.807, 2.05) is 36.4 Å². The van der Waals surface area contributed by atoms with E-state index < -0.39 is 0 Å². The minimum atomic E-state index is -0.210. The summed E-state index contributed by atoms with van der Waals surface area (Å²) in [6, 6.07) is 27.3. The van der Waals surface area contributed by atoms with E-state index in [1.54, 1.807) is 18.2 Å². The van der Waals surface area contributed by atoms with Crippen LogP contribution in [0.3, 0.4) is 0 Å². The lowest BCUT2D eigenvalue weighted by Gasteiger charge is -2.27. The molecule has 0 aliphatic carbocycles. The van der Waals surface area contributed by atoms with E-state index in [4.69, 9.17) is 0 Å². The SMILES string of the molecule is Cc1cccc(C(N[C@@H](C)c2ccccc2)c2c(O)ccc3cc(O)ccc23)c1. The lowest BCUT2D eigenvalue weighted by atomic mass is 9.91. The summed E-state index contributed by atoms with van der Waals surface area (Å²) in [5, 5.41) is 26.3. The average Bonchev–Trinajstić information content (AvgIpc) is 2.73. The van der Waals surface area contributed by atoms with Crippen molar-refractivity contribution in [2.24, 2.45) is 0 Å². The van der Waals surface area contributed by atoms with Gasteiger partial charge in [-0.15, -0.1) is 0 Å². The summed E-state index contributed by atoms with van der Waals surface area (Å²) in [6.45, 7) is 4.20. The highest BCUT2D eigenvalue weighted by Gasteiger charge is 2.23. The molecule has 0 fully saturated rings. The van der Waals surface area contributed by atoms with Crippen LogP contribution in [0, 0.1) is 6.92 Å². The minimum Gasteiger partial charge on any atom is -0.508 e. The third-order valence-corrected chi connectivity index (χ3v) is 5.40. The Labute approximate surface area is 171 Å². The topological polar surface area (TPSA) is 52.5 Å². The molecule has 0 aliphatic rings. The van der Waals surface area contributed by atoms with Gasteiger partial charge in [-0.3, -0.25) is 5.32 Å². The van der Waals surface area contributed by atoms with Gasteiger partial charge < -0.3 is 10.2 Å². The summed E-state index contributed by atoms with van der Waals surface area (Å²) in [6.07, 6.45) is 0. The lowest BCUT2D eigenvalue weighted by Crippen LogP contribution is -2.26. The number of benzene rings is 4. The molecule has 29 heavy (non-hydrogen) atoms. The fraction of sp³-hybridized carbons (Fsp3) is 0.154. The highest BCUT2D eigenvalue weighted by molar-refractivity contribution is 5.89. The maximum atomic E-state index is 10.9. The van der Waals surface area contributed by atoms with Crippen LogP contribution >= 0.6 is 0 Å². The fourth-order valence-electron chi connectivity index (χ4n) is 3.92. The molecule has 3 N–H and O–H groups in total. The Morgan fingerprint density at radius 1 is 0.759 bits per heavy atom. The van der Waals surface area contributed by atoms with E-state index in [1.165, 1.54) is 11.1 Å². The van der Waals surface area contributed by atoms with Crippen LogP contribution in [-0.2, 0) is 0 Å². The van der Waals surface area contributed by atoms with Crippen molar-refractivity contribution in [3.8, 4) is 11.5 Å². The third-order valence-electron chi connectivity index (χ3n) is 5.40. The molecule has 1 unspecified atom stereocenters. The molecule has 0 saturated heterocycles. The zero-order chi connectivity index (χ0) is 20.4. The first-order valence-electron chi connectivity index (χ1n) is 9.85. The Balaban J connectivity index is 1.87. The highest BCUT2D eigenvalue weighted by atomic mass is 16.3. The standard InChI is InChI=1S/C26H25NO2/c1-17-7-6-10-21(15-17)26(27-18(2)19-8-4-3-5-9-19)25-23-13-12-22(28)16-20(23)11-14-24(25)29/h3-16,18,26-29H,1-2H3/t18-,26?/m0/s1. The normalized spacial score (nSPS) is 13.3. The van der Waals surface area contributed by atoms with Crippen LogP contribution in [0.1, 0.15) is 41.3 Å². The van der Waals surface area contributed by atoms with E-state index in [0.717, 1.165) is 21.9 Å². The van der Waals surface area contributed by atoms with Gasteiger partial charge >= 0.3 is 0 Å². The van der Waals surface area contributed by atoms with Crippen molar-refractivity contribution >= 4 is 10.8 Å². The largest absolute Gasteiger partial charge is 0.508 e. The van der Waals surface area contributed by atoms with E-state index in [-0.39, 0.29) is 23.6 Å². The van der Waals surface area contributed by atoms with Crippen LogP contribution in [0.4, 0.5) is 0 Å². The first kappa shape index (κ1) is 19.0. The molecule has 4 aromatic rings. The number of phenols is 2. The number of rotatable bonds is 5. The Morgan fingerprint density at radius 3 is 2.28 bits per heavy atom. The van der Waals surface area contributed by atoms with Gasteiger partial charge in [-0.1, -0.05) is 72.3 Å². The van der Waals surface area contributed by atoms with Crippen LogP contribution in [0.5, 0.6) is 11.5 Å². The monoisotopic (exact) mass is 383 g/mol. The molecule has 0 heterocycles. The summed E-state index contributed by atoms with van der Waals surface area (Å²) >= 11 is 0. The average molecular weight is 383 g/mol. The van der Waals surface area contributed by atoms with Crippen LogP contribution in [-0.4, -0.2) is 10.2 Å². The second-order valence-corrected chi connectivity index (χ2v) is 7.55. The van der Waals surface area contributed by atoms with Gasteiger partial charge in [-0.05, 0) is 53.9 Å². The summed E-state index contributed by atoms with van der Waals surface area (Å²) in [7, 11) is 0. The number of fused-ring (bicyclic) bond motifs is 1. The molecular formula is C26H25NO2. The van der Waals surface area contributed by atoms with Gasteiger partial charge in [0, 0.05) is 11.6 Å². The van der Waals surface area contributed by atoms with Gasteiger partial charge in [-0.25, -0.2) is 0 Å². The lowest BCUT2D eigenvalue weighted by molar-refractivity contribution is 0.448. The number of hydrogen-bond acceptors (Lipinski definition) is 3. The van der Waals surface area contributed by atoms with Gasteiger partial charge in [0.25, 0.3) is 0 Å². The van der Waals surface area contributed by atoms with Crippen molar-refractivity contribution < 1.29 is 10.2 Å². The maximum Gasteiger partial charge on any atom is 0.121 e. The number of hydrogen-bond donors (Lipinski definition) is 3. The Bertz CT molecular complexity index is 1140. The molecule has 0 spiro atoms. The fourth-order valence-corrected chi connectivity index (χ4v) is 3.92. The number of nitrogens with one attached hydrogen (secondary N) is 1. The molecule has 146 valence electrons. The van der Waals surface area contributed by atoms with Crippen molar-refractivity contribution in [3.05, 3.63) is 107 Å². The Hall–Kier alpha value is -3.30. The van der Waals surface area contributed by atoms with E-state index in [0.29, 0.717) is 0 Å². The highest BCUT2D eigenvalue weighted by Crippen LogP contribution is 2.38. The van der Waals surface area contributed by atoms with Gasteiger partial charge in [0.15, 0.2) is 0 Å². The maximum absolute atomic E-state index is 10.9. The van der Waals surface area contributed by atoms with E-state index >= 15 is 0 Å². The molecule has 0 aromatic heterocycles. The van der Waals surface area contributed by atoms with Crippen molar-refractivity contribution in [1.82, 2.24) is 5.32 Å². The zero-order valence-corrected chi connectivity index (χ0v) is 16.6. The number of aryl methyl sites for hydroxylation is 1. The second-order valence-electron chi connectivity index (χ2n) is 7.55. The molecule has 3 heteroatoms. The first-order valence-corrected chi connectivity index (χ1v) is 9.85. The first-order chi connectivity index (χ1) is 14.0. The smallest absolute Gasteiger partial charge is 0.121 e. The Morgan fingerprint density at radius 2 is 1.52 bits per heavy atom. The predicted molar refractivity (Wildman–Crippen MR) is 118 cm³/mol. The molecule has 0 radical (unpaired) electrons. The van der Waals surface area contributed by atoms with Crippen molar-refractivity contribution in [3.63, 3.8) is 0 Å². The zero-order valence-electron chi connectivity index (χ0n) is 16.6. The number of phenolic OH excluding ortho intramolecular Hbond substituents is 2. The molecule has 3 nitrogen and oxygen atoms in total. The molecule has 0 amide bonds. The molecule has 4 aromatic carbocycles. The predicted octanol–water partition coefficient (Wildman–Crippen LogP) is 6.00. The summed E-state index contributed by atoms with van der Waals surface area (Å²) in [4.78, 5) is 0. The molecule has 2 atom stereocenters. The molecule has 0 bridgehead atoms. The van der Waals surface area contributed by atoms with Crippen LogP contribution in [0.15, 0.2) is 84.9 Å². The van der Waals surface area contributed by atoms with E-state index in [2.05, 4.69) is 49.5 Å². The summed E-state index contributed by atoms with van der Waals surface area (Å²) < 4.78 is 0.